The normalized spacial score (nSPS) is 10.9. The number of aliphatic carboxylic acids is 1. The molecule has 2 aromatic rings. The molecule has 0 aromatic heterocycles. The first kappa shape index (κ1) is 17.5. The Morgan fingerprint density at radius 1 is 1.00 bits per heavy atom. The first-order chi connectivity index (χ1) is 11.4. The van der Waals surface area contributed by atoms with Crippen molar-refractivity contribution in [2.45, 2.75) is 32.2 Å². The first-order valence-corrected chi connectivity index (χ1v) is 7.82. The summed E-state index contributed by atoms with van der Waals surface area (Å²) in [6.07, 6.45) is 0.388. The molecule has 2 aromatic carbocycles. The van der Waals surface area contributed by atoms with E-state index in [4.69, 9.17) is 5.11 Å². The summed E-state index contributed by atoms with van der Waals surface area (Å²) in [6, 6.07) is 16.9. The number of rotatable bonds is 7. The Morgan fingerprint density at radius 3 is 2.33 bits per heavy atom. The Labute approximate surface area is 141 Å². The third-order valence-electron chi connectivity index (χ3n) is 3.60. The fraction of sp³-hybridized carbons (Fsp3) is 0.263. The van der Waals surface area contributed by atoms with Crippen molar-refractivity contribution < 1.29 is 14.7 Å². The quantitative estimate of drug-likeness (QED) is 0.723. The van der Waals surface area contributed by atoms with Gasteiger partial charge in [0.15, 0.2) is 0 Å². The fourth-order valence-electron chi connectivity index (χ4n) is 2.29. The maximum atomic E-state index is 12.4. The van der Waals surface area contributed by atoms with Gasteiger partial charge in [-0.2, -0.15) is 0 Å². The molecule has 0 spiro atoms. The maximum Gasteiger partial charge on any atom is 0.303 e. The van der Waals surface area contributed by atoms with Crippen molar-refractivity contribution >= 4 is 23.3 Å². The summed E-state index contributed by atoms with van der Waals surface area (Å²) in [4.78, 5) is 23.1. The molecule has 0 atom stereocenters. The zero-order valence-corrected chi connectivity index (χ0v) is 13.9. The number of nitrogens with one attached hydrogen (secondary N) is 2. The SMILES string of the molecule is CC(C)(CCC(=O)O)NC(=O)c1cccc(Nc2ccccc2)c1. The zero-order chi connectivity index (χ0) is 17.6. The first-order valence-electron chi connectivity index (χ1n) is 7.82. The monoisotopic (exact) mass is 326 g/mol. The smallest absolute Gasteiger partial charge is 0.303 e. The van der Waals surface area contributed by atoms with E-state index < -0.39 is 11.5 Å². The largest absolute Gasteiger partial charge is 0.481 e. The van der Waals surface area contributed by atoms with Crippen LogP contribution in [0.3, 0.4) is 0 Å². The summed E-state index contributed by atoms with van der Waals surface area (Å²) in [5.41, 5.74) is 1.70. The minimum absolute atomic E-state index is 0.0167. The Morgan fingerprint density at radius 2 is 1.67 bits per heavy atom. The van der Waals surface area contributed by atoms with Crippen molar-refractivity contribution in [3.63, 3.8) is 0 Å². The molecule has 0 heterocycles. The molecule has 5 heteroatoms. The lowest BCUT2D eigenvalue weighted by molar-refractivity contribution is -0.137. The summed E-state index contributed by atoms with van der Waals surface area (Å²) in [7, 11) is 0. The second kappa shape index (κ2) is 7.64. The minimum Gasteiger partial charge on any atom is -0.481 e. The van der Waals surface area contributed by atoms with Crippen molar-refractivity contribution in [3.8, 4) is 0 Å². The maximum absolute atomic E-state index is 12.4. The van der Waals surface area contributed by atoms with Crippen molar-refractivity contribution in [2.75, 3.05) is 5.32 Å². The molecule has 0 fully saturated rings. The average Bonchev–Trinajstić information content (AvgIpc) is 2.54. The molecule has 5 nitrogen and oxygen atoms in total. The summed E-state index contributed by atoms with van der Waals surface area (Å²) in [5, 5.41) is 14.9. The van der Waals surface area contributed by atoms with Crippen LogP contribution in [0.15, 0.2) is 54.6 Å². The third kappa shape index (κ3) is 5.43. The summed E-state index contributed by atoms with van der Waals surface area (Å²) in [5.74, 6) is -1.09. The highest BCUT2D eigenvalue weighted by Crippen LogP contribution is 2.18. The molecule has 0 saturated heterocycles. The van der Waals surface area contributed by atoms with Crippen LogP contribution in [-0.4, -0.2) is 22.5 Å². The highest BCUT2D eigenvalue weighted by atomic mass is 16.4. The third-order valence-corrected chi connectivity index (χ3v) is 3.60. The number of benzene rings is 2. The second-order valence-electron chi connectivity index (χ2n) is 6.30. The zero-order valence-electron chi connectivity index (χ0n) is 13.9. The van der Waals surface area contributed by atoms with Crippen LogP contribution in [0.25, 0.3) is 0 Å². The number of carboxylic acid groups (broad SMARTS) is 1. The van der Waals surface area contributed by atoms with Crippen molar-refractivity contribution in [1.82, 2.24) is 5.32 Å². The van der Waals surface area contributed by atoms with Crippen LogP contribution in [0, 0.1) is 0 Å². The van der Waals surface area contributed by atoms with E-state index in [1.807, 2.05) is 56.3 Å². The fourth-order valence-corrected chi connectivity index (χ4v) is 2.29. The number of carbonyl (C=O) groups excluding carboxylic acids is 1. The van der Waals surface area contributed by atoms with Crippen LogP contribution < -0.4 is 10.6 Å². The molecule has 0 aliphatic carbocycles. The lowest BCUT2D eigenvalue weighted by Gasteiger charge is -2.25. The molecule has 0 aliphatic heterocycles. The predicted octanol–water partition coefficient (Wildman–Crippen LogP) is 3.80. The summed E-state index contributed by atoms with van der Waals surface area (Å²) in [6.45, 7) is 3.64. The molecule has 1 amide bonds. The molecule has 126 valence electrons. The van der Waals surface area contributed by atoms with Gasteiger partial charge in [0.25, 0.3) is 5.91 Å². The predicted molar refractivity (Wildman–Crippen MR) is 94.6 cm³/mol. The summed E-state index contributed by atoms with van der Waals surface area (Å²) >= 11 is 0. The Hall–Kier alpha value is -2.82. The van der Waals surface area contributed by atoms with Gasteiger partial charge < -0.3 is 15.7 Å². The molecule has 3 N–H and O–H groups in total. The highest BCUT2D eigenvalue weighted by molar-refractivity contribution is 5.95. The van der Waals surface area contributed by atoms with Gasteiger partial charge in [0.2, 0.25) is 0 Å². The number of amides is 1. The second-order valence-corrected chi connectivity index (χ2v) is 6.30. The van der Waals surface area contributed by atoms with Crippen LogP contribution in [0.4, 0.5) is 11.4 Å². The van der Waals surface area contributed by atoms with Crippen molar-refractivity contribution in [1.29, 1.82) is 0 Å². The van der Waals surface area contributed by atoms with Crippen LogP contribution in [-0.2, 0) is 4.79 Å². The van der Waals surface area contributed by atoms with Gasteiger partial charge >= 0.3 is 5.97 Å². The van der Waals surface area contributed by atoms with Gasteiger partial charge in [0.05, 0.1) is 0 Å². The van der Waals surface area contributed by atoms with Gasteiger partial charge in [-0.25, -0.2) is 0 Å². The summed E-state index contributed by atoms with van der Waals surface area (Å²) < 4.78 is 0. The van der Waals surface area contributed by atoms with E-state index in [-0.39, 0.29) is 12.3 Å². The molecule has 0 aliphatic rings. The molecule has 24 heavy (non-hydrogen) atoms. The topological polar surface area (TPSA) is 78.4 Å². The Bertz CT molecular complexity index is 712. The van der Waals surface area contributed by atoms with E-state index >= 15 is 0 Å². The van der Waals surface area contributed by atoms with Gasteiger partial charge in [-0.1, -0.05) is 24.3 Å². The molecule has 0 bridgehead atoms. The molecular formula is C19H22N2O3. The molecular weight excluding hydrogens is 304 g/mol. The lowest BCUT2D eigenvalue weighted by atomic mass is 9.97. The molecule has 2 rings (SSSR count). The van der Waals surface area contributed by atoms with Gasteiger partial charge in [-0.3, -0.25) is 9.59 Å². The number of hydrogen-bond acceptors (Lipinski definition) is 3. The standard InChI is InChI=1S/C19H22N2O3/c1-19(2,12-11-17(22)23)21-18(24)14-7-6-10-16(13-14)20-15-8-4-3-5-9-15/h3-10,13,20H,11-12H2,1-2H3,(H,21,24)(H,22,23). The molecule has 0 saturated carbocycles. The van der Waals surface area contributed by atoms with E-state index in [9.17, 15) is 9.59 Å². The van der Waals surface area contributed by atoms with E-state index in [2.05, 4.69) is 10.6 Å². The van der Waals surface area contributed by atoms with Gasteiger partial charge in [0.1, 0.15) is 0 Å². The van der Waals surface area contributed by atoms with E-state index in [0.717, 1.165) is 11.4 Å². The van der Waals surface area contributed by atoms with Crippen molar-refractivity contribution in [2.24, 2.45) is 0 Å². The lowest BCUT2D eigenvalue weighted by Crippen LogP contribution is -2.43. The number of hydrogen-bond donors (Lipinski definition) is 3. The Balaban J connectivity index is 2.04. The van der Waals surface area contributed by atoms with Crippen LogP contribution in [0.1, 0.15) is 37.0 Å². The van der Waals surface area contributed by atoms with Crippen LogP contribution in [0.5, 0.6) is 0 Å². The minimum atomic E-state index is -0.869. The average molecular weight is 326 g/mol. The molecule has 0 radical (unpaired) electrons. The van der Waals surface area contributed by atoms with Gasteiger partial charge in [-0.05, 0) is 50.6 Å². The highest BCUT2D eigenvalue weighted by Gasteiger charge is 2.22. The van der Waals surface area contributed by atoms with Crippen LogP contribution >= 0.6 is 0 Å². The number of carbonyl (C=O) groups is 2. The number of para-hydroxylation sites is 1. The van der Waals surface area contributed by atoms with Gasteiger partial charge in [-0.15, -0.1) is 0 Å². The molecule has 0 unspecified atom stereocenters. The van der Waals surface area contributed by atoms with Crippen LogP contribution in [0.2, 0.25) is 0 Å². The van der Waals surface area contributed by atoms with Gasteiger partial charge in [0, 0.05) is 28.9 Å². The van der Waals surface area contributed by atoms with E-state index in [1.54, 1.807) is 12.1 Å². The van der Waals surface area contributed by atoms with Crippen molar-refractivity contribution in [3.05, 3.63) is 60.2 Å². The van der Waals surface area contributed by atoms with E-state index in [1.165, 1.54) is 0 Å². The van der Waals surface area contributed by atoms with E-state index in [0.29, 0.717) is 12.0 Å². The number of anilines is 2. The Kier molecular flexibility index (Phi) is 5.58. The number of carboxylic acids is 1.